The molecule has 0 amide bonds. The van der Waals surface area contributed by atoms with E-state index < -0.39 is 5.97 Å². The molecule has 4 heteroatoms. The van der Waals surface area contributed by atoms with Gasteiger partial charge in [0.25, 0.3) is 0 Å². The summed E-state index contributed by atoms with van der Waals surface area (Å²) in [5.41, 5.74) is 1.02. The molecule has 0 aromatic heterocycles. The monoisotopic (exact) mass is 342 g/mol. The van der Waals surface area contributed by atoms with Gasteiger partial charge in [0.2, 0.25) is 0 Å². The molecule has 2 rings (SSSR count). The molecule has 0 aliphatic heterocycles. The summed E-state index contributed by atoms with van der Waals surface area (Å²) in [6.45, 7) is 4.36. The highest BCUT2D eigenvalue weighted by molar-refractivity contribution is 9.10. The van der Waals surface area contributed by atoms with Crippen LogP contribution in [0.3, 0.4) is 0 Å². The Morgan fingerprint density at radius 3 is 2.85 bits per heavy atom. The molecular formula is C16H20BrFO2. The van der Waals surface area contributed by atoms with Crippen molar-refractivity contribution in [3.63, 3.8) is 0 Å². The maximum Gasteiger partial charge on any atom is 0.306 e. The van der Waals surface area contributed by atoms with Crippen LogP contribution in [0.15, 0.2) is 22.7 Å². The third-order valence-corrected chi connectivity index (χ3v) is 5.10. The van der Waals surface area contributed by atoms with Gasteiger partial charge < -0.3 is 5.11 Å². The van der Waals surface area contributed by atoms with E-state index in [2.05, 4.69) is 29.8 Å². The van der Waals surface area contributed by atoms with E-state index in [1.54, 1.807) is 6.07 Å². The number of aliphatic carboxylic acids is 1. The number of carboxylic acids is 1. The Hall–Kier alpha value is -0.900. The minimum atomic E-state index is -0.724. The van der Waals surface area contributed by atoms with Crippen molar-refractivity contribution < 1.29 is 14.3 Å². The van der Waals surface area contributed by atoms with Gasteiger partial charge in [0.15, 0.2) is 0 Å². The maximum atomic E-state index is 13.4. The SMILES string of the molecule is CC1(C)CCC(C(=O)O)C(Cc2cc(F)ccc2Br)C1. The Kier molecular flexibility index (Phi) is 4.52. The lowest BCUT2D eigenvalue weighted by Crippen LogP contribution is -2.35. The molecule has 1 saturated carbocycles. The minimum Gasteiger partial charge on any atom is -0.481 e. The zero-order chi connectivity index (χ0) is 14.9. The van der Waals surface area contributed by atoms with Crippen LogP contribution in [0, 0.1) is 23.1 Å². The van der Waals surface area contributed by atoms with E-state index in [1.165, 1.54) is 12.1 Å². The second-order valence-electron chi connectivity index (χ2n) is 6.55. The molecule has 0 bridgehead atoms. The van der Waals surface area contributed by atoms with Crippen molar-refractivity contribution in [2.24, 2.45) is 17.3 Å². The number of hydrogen-bond donors (Lipinski definition) is 1. The van der Waals surface area contributed by atoms with Crippen molar-refractivity contribution in [1.82, 2.24) is 0 Å². The lowest BCUT2D eigenvalue weighted by atomic mass is 9.65. The Morgan fingerprint density at radius 2 is 2.20 bits per heavy atom. The molecule has 1 aromatic rings. The van der Waals surface area contributed by atoms with Gasteiger partial charge in [-0.25, -0.2) is 4.39 Å². The first kappa shape index (κ1) is 15.5. The topological polar surface area (TPSA) is 37.3 Å². The fraction of sp³-hybridized carbons (Fsp3) is 0.562. The normalized spacial score (nSPS) is 25.4. The largest absolute Gasteiger partial charge is 0.481 e. The number of rotatable bonds is 3. The van der Waals surface area contributed by atoms with Crippen molar-refractivity contribution in [2.45, 2.75) is 39.5 Å². The Bertz CT molecular complexity index is 513. The number of hydrogen-bond acceptors (Lipinski definition) is 1. The van der Waals surface area contributed by atoms with Crippen LogP contribution in [0.25, 0.3) is 0 Å². The van der Waals surface area contributed by atoms with Crippen LogP contribution in [0.2, 0.25) is 0 Å². The molecule has 0 heterocycles. The Balaban J connectivity index is 2.23. The first-order valence-corrected chi connectivity index (χ1v) is 7.74. The molecule has 1 aromatic carbocycles. The van der Waals surface area contributed by atoms with Crippen LogP contribution in [-0.2, 0) is 11.2 Å². The predicted octanol–water partition coefficient (Wildman–Crippen LogP) is 4.66. The Labute approximate surface area is 127 Å². The molecule has 0 spiro atoms. The van der Waals surface area contributed by atoms with Gasteiger partial charge in [-0.3, -0.25) is 4.79 Å². The number of halogens is 2. The minimum absolute atomic E-state index is 0.0642. The van der Waals surface area contributed by atoms with E-state index >= 15 is 0 Å². The third-order valence-electron chi connectivity index (χ3n) is 4.32. The molecule has 1 aliphatic carbocycles. The zero-order valence-corrected chi connectivity index (χ0v) is 13.4. The maximum absolute atomic E-state index is 13.4. The molecule has 1 N–H and O–H groups in total. The van der Waals surface area contributed by atoms with Gasteiger partial charge in [-0.05, 0) is 60.8 Å². The van der Waals surface area contributed by atoms with Gasteiger partial charge in [-0.1, -0.05) is 29.8 Å². The van der Waals surface area contributed by atoms with E-state index in [0.717, 1.165) is 22.9 Å². The summed E-state index contributed by atoms with van der Waals surface area (Å²) < 4.78 is 14.2. The predicted molar refractivity (Wildman–Crippen MR) is 80.1 cm³/mol. The second kappa shape index (κ2) is 5.84. The summed E-state index contributed by atoms with van der Waals surface area (Å²) in [4.78, 5) is 11.4. The molecule has 1 aliphatic rings. The van der Waals surface area contributed by atoms with E-state index in [0.29, 0.717) is 12.8 Å². The average molecular weight is 343 g/mol. The average Bonchev–Trinajstić information content (AvgIpc) is 2.32. The van der Waals surface area contributed by atoms with Crippen LogP contribution in [0.4, 0.5) is 4.39 Å². The molecule has 110 valence electrons. The molecule has 2 unspecified atom stereocenters. The summed E-state index contributed by atoms with van der Waals surface area (Å²) in [6, 6.07) is 4.60. The molecule has 1 fully saturated rings. The lowest BCUT2D eigenvalue weighted by Gasteiger charge is -2.39. The van der Waals surface area contributed by atoms with Crippen LogP contribution in [0.1, 0.15) is 38.7 Å². The highest BCUT2D eigenvalue weighted by Crippen LogP contribution is 2.43. The zero-order valence-electron chi connectivity index (χ0n) is 11.8. The van der Waals surface area contributed by atoms with Crippen molar-refractivity contribution in [3.8, 4) is 0 Å². The highest BCUT2D eigenvalue weighted by Gasteiger charge is 2.38. The summed E-state index contributed by atoms with van der Waals surface area (Å²) >= 11 is 3.43. The van der Waals surface area contributed by atoms with E-state index in [1.807, 2.05) is 0 Å². The van der Waals surface area contributed by atoms with Crippen molar-refractivity contribution >= 4 is 21.9 Å². The van der Waals surface area contributed by atoms with Gasteiger partial charge in [0, 0.05) is 4.47 Å². The van der Waals surface area contributed by atoms with Gasteiger partial charge in [0.1, 0.15) is 5.82 Å². The van der Waals surface area contributed by atoms with Crippen molar-refractivity contribution in [3.05, 3.63) is 34.1 Å². The van der Waals surface area contributed by atoms with Crippen molar-refractivity contribution in [1.29, 1.82) is 0 Å². The van der Waals surface area contributed by atoms with Crippen LogP contribution in [0.5, 0.6) is 0 Å². The van der Waals surface area contributed by atoms with Gasteiger partial charge in [-0.15, -0.1) is 0 Å². The first-order chi connectivity index (χ1) is 9.28. The molecule has 0 radical (unpaired) electrons. The summed E-state index contributed by atoms with van der Waals surface area (Å²) in [5, 5.41) is 9.39. The molecule has 0 saturated heterocycles. The summed E-state index contributed by atoms with van der Waals surface area (Å²) in [6.07, 6.45) is 3.12. The van der Waals surface area contributed by atoms with Crippen molar-refractivity contribution in [2.75, 3.05) is 0 Å². The molecular weight excluding hydrogens is 323 g/mol. The standard InChI is InChI=1S/C16H20BrFO2/c1-16(2)6-5-13(15(19)20)11(9-16)7-10-8-12(18)3-4-14(10)17/h3-4,8,11,13H,5-7,9H2,1-2H3,(H,19,20). The molecule has 20 heavy (non-hydrogen) atoms. The second-order valence-corrected chi connectivity index (χ2v) is 7.41. The first-order valence-electron chi connectivity index (χ1n) is 6.95. The molecule has 2 nitrogen and oxygen atoms in total. The summed E-state index contributed by atoms with van der Waals surface area (Å²) in [7, 11) is 0. The number of carbonyl (C=O) groups is 1. The van der Waals surface area contributed by atoms with Crippen LogP contribution < -0.4 is 0 Å². The van der Waals surface area contributed by atoms with Gasteiger partial charge in [-0.2, -0.15) is 0 Å². The van der Waals surface area contributed by atoms with Crippen LogP contribution in [-0.4, -0.2) is 11.1 Å². The third kappa shape index (κ3) is 3.60. The highest BCUT2D eigenvalue weighted by atomic mass is 79.9. The quantitative estimate of drug-likeness (QED) is 0.867. The number of carboxylic acid groups (broad SMARTS) is 1. The van der Waals surface area contributed by atoms with E-state index in [4.69, 9.17) is 0 Å². The molecule has 2 atom stereocenters. The fourth-order valence-electron chi connectivity index (χ4n) is 3.26. The van der Waals surface area contributed by atoms with Gasteiger partial charge in [0.05, 0.1) is 5.92 Å². The smallest absolute Gasteiger partial charge is 0.306 e. The van der Waals surface area contributed by atoms with E-state index in [9.17, 15) is 14.3 Å². The summed E-state index contributed by atoms with van der Waals surface area (Å²) in [5.74, 6) is -1.25. The fourth-order valence-corrected chi connectivity index (χ4v) is 3.67. The van der Waals surface area contributed by atoms with Crippen LogP contribution >= 0.6 is 15.9 Å². The van der Waals surface area contributed by atoms with E-state index in [-0.39, 0.29) is 23.1 Å². The van der Waals surface area contributed by atoms with Gasteiger partial charge >= 0.3 is 5.97 Å². The Morgan fingerprint density at radius 1 is 1.50 bits per heavy atom. The number of benzene rings is 1. The lowest BCUT2D eigenvalue weighted by molar-refractivity contribution is -0.146.